The van der Waals surface area contributed by atoms with Crippen molar-refractivity contribution in [3.8, 4) is 0 Å². The number of thiocarbonyl (C=S) groups is 1. The van der Waals surface area contributed by atoms with E-state index in [0.29, 0.717) is 10.8 Å². The van der Waals surface area contributed by atoms with Crippen LogP contribution < -0.4 is 10.6 Å². The van der Waals surface area contributed by atoms with E-state index in [1.807, 2.05) is 31.2 Å². The van der Waals surface area contributed by atoms with Gasteiger partial charge in [0.25, 0.3) is 0 Å². The maximum absolute atomic E-state index is 11.3. The molecule has 1 aromatic rings. The van der Waals surface area contributed by atoms with Gasteiger partial charge >= 0.3 is 0 Å². The van der Waals surface area contributed by atoms with Crippen LogP contribution in [0.5, 0.6) is 0 Å². The second-order valence-electron chi connectivity index (χ2n) is 4.23. The van der Waals surface area contributed by atoms with Gasteiger partial charge in [0.05, 0.1) is 11.5 Å². The molecule has 0 radical (unpaired) electrons. The van der Waals surface area contributed by atoms with Gasteiger partial charge in [-0.2, -0.15) is 0 Å². The van der Waals surface area contributed by atoms with Crippen LogP contribution in [0.4, 0.5) is 5.69 Å². The first-order valence-corrected chi connectivity index (χ1v) is 7.72. The van der Waals surface area contributed by atoms with Gasteiger partial charge in [-0.25, -0.2) is 8.42 Å². The Bertz CT molecular complexity index is 606. The van der Waals surface area contributed by atoms with Crippen molar-refractivity contribution >= 4 is 32.9 Å². The van der Waals surface area contributed by atoms with Crippen LogP contribution in [0.25, 0.3) is 0 Å². The van der Waals surface area contributed by atoms with Crippen molar-refractivity contribution in [2.75, 3.05) is 16.8 Å². The number of hydrogen-bond acceptors (Lipinski definition) is 3. The third-order valence-corrected chi connectivity index (χ3v) is 4.14. The Labute approximate surface area is 112 Å². The molecule has 4 nitrogen and oxygen atoms in total. The molecule has 18 heavy (non-hydrogen) atoms. The molecule has 0 aromatic heterocycles. The Morgan fingerprint density at radius 1 is 1.33 bits per heavy atom. The highest BCUT2D eigenvalue weighted by Gasteiger charge is 2.20. The first-order chi connectivity index (χ1) is 8.44. The minimum Gasteiger partial charge on any atom is -0.335 e. The van der Waals surface area contributed by atoms with Crippen LogP contribution in [0, 0.1) is 6.92 Å². The zero-order chi connectivity index (χ0) is 13.2. The van der Waals surface area contributed by atoms with E-state index in [9.17, 15) is 8.42 Å². The molecular weight excluding hydrogens is 268 g/mol. The highest BCUT2D eigenvalue weighted by molar-refractivity contribution is 7.92. The van der Waals surface area contributed by atoms with Gasteiger partial charge in [-0.05, 0) is 42.9 Å². The summed E-state index contributed by atoms with van der Waals surface area (Å²) in [5.41, 5.74) is 2.65. The summed E-state index contributed by atoms with van der Waals surface area (Å²) < 4.78 is 22.5. The van der Waals surface area contributed by atoms with Crippen molar-refractivity contribution in [1.29, 1.82) is 0 Å². The highest BCUT2D eigenvalue weighted by atomic mass is 32.2. The second-order valence-corrected chi connectivity index (χ2v) is 6.75. The Kier molecular flexibility index (Phi) is 3.68. The molecule has 0 amide bonds. The fraction of sp³-hybridized carbons (Fsp3) is 0.250. The minimum atomic E-state index is -2.96. The smallest absolute Gasteiger partial charge is 0.175 e. The Balaban J connectivity index is 1.94. The van der Waals surface area contributed by atoms with Crippen LogP contribution in [0.2, 0.25) is 0 Å². The lowest BCUT2D eigenvalue weighted by molar-refractivity contribution is 0.603. The molecule has 6 heteroatoms. The number of aryl methyl sites for hydroxylation is 1. The Hall–Kier alpha value is -1.40. The third kappa shape index (κ3) is 3.54. The molecule has 0 fully saturated rings. The summed E-state index contributed by atoms with van der Waals surface area (Å²) in [6.07, 6.45) is 1.65. The lowest BCUT2D eigenvalue weighted by Crippen LogP contribution is -2.29. The van der Waals surface area contributed by atoms with Gasteiger partial charge in [-0.1, -0.05) is 12.1 Å². The molecular formula is C12H14N2O2S2. The Morgan fingerprint density at radius 3 is 2.72 bits per heavy atom. The van der Waals surface area contributed by atoms with Gasteiger partial charge in [-0.3, -0.25) is 0 Å². The molecule has 1 aromatic carbocycles. The molecule has 1 aliphatic heterocycles. The van der Waals surface area contributed by atoms with Crippen molar-refractivity contribution in [2.24, 2.45) is 0 Å². The molecule has 96 valence electrons. The predicted octanol–water partition coefficient (Wildman–Crippen LogP) is 1.59. The SMILES string of the molecule is Cc1cccc(NC(=S)NC2=CCS(=O)(=O)C2)c1. The molecule has 0 unspecified atom stereocenters. The van der Waals surface area contributed by atoms with E-state index >= 15 is 0 Å². The van der Waals surface area contributed by atoms with Gasteiger partial charge in [0.2, 0.25) is 0 Å². The number of hydrogen-bond donors (Lipinski definition) is 2. The van der Waals surface area contributed by atoms with Crippen LogP contribution in [0.15, 0.2) is 36.0 Å². The van der Waals surface area contributed by atoms with Gasteiger partial charge < -0.3 is 10.6 Å². The number of nitrogens with one attached hydrogen (secondary N) is 2. The fourth-order valence-electron chi connectivity index (χ4n) is 1.70. The summed E-state index contributed by atoms with van der Waals surface area (Å²) in [6, 6.07) is 7.79. The third-order valence-electron chi connectivity index (χ3n) is 2.51. The molecule has 2 N–H and O–H groups in total. The second kappa shape index (κ2) is 5.07. The first kappa shape index (κ1) is 13.0. The quantitative estimate of drug-likeness (QED) is 0.807. The zero-order valence-electron chi connectivity index (χ0n) is 9.93. The molecule has 0 spiro atoms. The van der Waals surface area contributed by atoms with Gasteiger partial charge in [0.15, 0.2) is 14.9 Å². The van der Waals surface area contributed by atoms with E-state index in [1.165, 1.54) is 0 Å². The van der Waals surface area contributed by atoms with E-state index in [0.717, 1.165) is 11.3 Å². The minimum absolute atomic E-state index is 0.0304. The van der Waals surface area contributed by atoms with E-state index in [4.69, 9.17) is 12.2 Å². The van der Waals surface area contributed by atoms with Crippen molar-refractivity contribution in [3.05, 3.63) is 41.6 Å². The number of sulfone groups is 1. The lowest BCUT2D eigenvalue weighted by Gasteiger charge is -2.11. The predicted molar refractivity (Wildman–Crippen MR) is 77.3 cm³/mol. The fourth-order valence-corrected chi connectivity index (χ4v) is 3.19. The van der Waals surface area contributed by atoms with Gasteiger partial charge in [-0.15, -0.1) is 0 Å². The van der Waals surface area contributed by atoms with Crippen LogP contribution in [0.3, 0.4) is 0 Å². The summed E-state index contributed by atoms with van der Waals surface area (Å²) in [7, 11) is -2.96. The highest BCUT2D eigenvalue weighted by Crippen LogP contribution is 2.11. The average Bonchev–Trinajstić information content (AvgIpc) is 2.57. The summed E-state index contributed by atoms with van der Waals surface area (Å²) in [4.78, 5) is 0. The molecule has 0 saturated carbocycles. The van der Waals surface area contributed by atoms with Crippen LogP contribution >= 0.6 is 12.2 Å². The molecule has 2 rings (SSSR count). The molecule has 0 aliphatic carbocycles. The standard InChI is InChI=1S/C12H14N2O2S2/c1-9-3-2-4-10(7-9)13-12(17)14-11-5-6-18(15,16)8-11/h2-5,7H,6,8H2,1H3,(H2,13,14,17). The van der Waals surface area contributed by atoms with E-state index < -0.39 is 9.84 Å². The van der Waals surface area contributed by atoms with Gasteiger partial charge in [0, 0.05) is 11.4 Å². The molecule has 0 bridgehead atoms. The summed E-state index contributed by atoms with van der Waals surface area (Å²) in [5.74, 6) is 0.116. The van der Waals surface area contributed by atoms with E-state index in [-0.39, 0.29) is 11.5 Å². The largest absolute Gasteiger partial charge is 0.335 e. The van der Waals surface area contributed by atoms with E-state index in [1.54, 1.807) is 6.08 Å². The van der Waals surface area contributed by atoms with Gasteiger partial charge in [0.1, 0.15) is 0 Å². The topological polar surface area (TPSA) is 58.2 Å². The average molecular weight is 282 g/mol. The zero-order valence-corrected chi connectivity index (χ0v) is 11.6. The first-order valence-electron chi connectivity index (χ1n) is 5.49. The number of rotatable bonds is 2. The number of benzene rings is 1. The van der Waals surface area contributed by atoms with Crippen molar-refractivity contribution in [3.63, 3.8) is 0 Å². The maximum atomic E-state index is 11.3. The van der Waals surface area contributed by atoms with Crippen LogP contribution in [-0.4, -0.2) is 25.0 Å². The molecule has 0 atom stereocenters. The summed E-state index contributed by atoms with van der Waals surface area (Å²) in [6.45, 7) is 1.99. The Morgan fingerprint density at radius 2 is 2.11 bits per heavy atom. The molecule has 1 heterocycles. The lowest BCUT2D eigenvalue weighted by atomic mass is 10.2. The summed E-state index contributed by atoms with van der Waals surface area (Å²) >= 11 is 5.13. The van der Waals surface area contributed by atoms with Crippen LogP contribution in [0.1, 0.15) is 5.56 Å². The monoisotopic (exact) mass is 282 g/mol. The normalized spacial score (nSPS) is 17.1. The van der Waals surface area contributed by atoms with E-state index in [2.05, 4.69) is 10.6 Å². The van der Waals surface area contributed by atoms with Crippen molar-refractivity contribution in [1.82, 2.24) is 5.32 Å². The maximum Gasteiger partial charge on any atom is 0.175 e. The molecule has 0 saturated heterocycles. The van der Waals surface area contributed by atoms with Crippen LogP contribution in [-0.2, 0) is 9.84 Å². The van der Waals surface area contributed by atoms with Crippen molar-refractivity contribution < 1.29 is 8.42 Å². The molecule has 1 aliphatic rings. The number of anilines is 1. The summed E-state index contributed by atoms with van der Waals surface area (Å²) in [5, 5.41) is 6.33. The van der Waals surface area contributed by atoms with Crippen molar-refractivity contribution in [2.45, 2.75) is 6.92 Å².